The molecule has 1 N–H and O–H groups in total. The van der Waals surface area contributed by atoms with Gasteiger partial charge in [0.1, 0.15) is 11.6 Å². The van der Waals surface area contributed by atoms with Crippen LogP contribution in [0.3, 0.4) is 0 Å². The highest BCUT2D eigenvalue weighted by molar-refractivity contribution is 5.21. The van der Waals surface area contributed by atoms with Crippen LogP contribution in [0.4, 0.5) is 8.78 Å². The molecule has 0 spiro atoms. The molecule has 0 fully saturated rings. The van der Waals surface area contributed by atoms with Crippen molar-refractivity contribution in [2.24, 2.45) is 0 Å². The van der Waals surface area contributed by atoms with E-state index in [9.17, 15) is 8.78 Å². The van der Waals surface area contributed by atoms with Crippen molar-refractivity contribution in [1.82, 2.24) is 5.32 Å². The molecule has 2 aromatic carbocycles. The van der Waals surface area contributed by atoms with E-state index in [1.165, 1.54) is 6.07 Å². The Hall–Kier alpha value is -1.74. The van der Waals surface area contributed by atoms with E-state index >= 15 is 0 Å². The first kappa shape index (κ1) is 13.7. The van der Waals surface area contributed by atoms with Crippen LogP contribution in [0, 0.1) is 11.6 Å². The van der Waals surface area contributed by atoms with E-state index in [1.54, 1.807) is 0 Å². The second kappa shape index (κ2) is 6.43. The van der Waals surface area contributed by atoms with Crippen molar-refractivity contribution in [3.05, 3.63) is 71.3 Å². The monoisotopic (exact) mass is 261 g/mol. The van der Waals surface area contributed by atoms with Gasteiger partial charge in [-0.2, -0.15) is 0 Å². The molecule has 0 radical (unpaired) electrons. The molecule has 2 aromatic rings. The maximum Gasteiger partial charge on any atom is 0.127 e. The largest absolute Gasteiger partial charge is 0.306 e. The first-order valence-corrected chi connectivity index (χ1v) is 6.43. The number of rotatable bonds is 5. The number of hydrogen-bond acceptors (Lipinski definition) is 1. The highest BCUT2D eigenvalue weighted by Gasteiger charge is 2.10. The maximum atomic E-state index is 13.5. The summed E-state index contributed by atoms with van der Waals surface area (Å²) in [5.41, 5.74) is 1.51. The Morgan fingerprint density at radius 3 is 2.47 bits per heavy atom. The molecule has 0 bridgehead atoms. The van der Waals surface area contributed by atoms with Crippen LogP contribution in [0.1, 0.15) is 30.5 Å². The van der Waals surface area contributed by atoms with Crippen LogP contribution < -0.4 is 5.32 Å². The summed E-state index contributed by atoms with van der Waals surface area (Å²) in [5, 5.41) is 3.26. The normalized spacial score (nSPS) is 12.4. The molecule has 0 aromatic heterocycles. The third kappa shape index (κ3) is 3.61. The lowest BCUT2D eigenvalue weighted by molar-refractivity contribution is 0.500. The Kier molecular flexibility index (Phi) is 4.63. The number of hydrogen-bond donors (Lipinski definition) is 1. The quantitative estimate of drug-likeness (QED) is 0.850. The highest BCUT2D eigenvalue weighted by Crippen LogP contribution is 2.17. The molecule has 0 aliphatic carbocycles. The van der Waals surface area contributed by atoms with Gasteiger partial charge in [-0.05, 0) is 30.2 Å². The molecular weight excluding hydrogens is 244 g/mol. The van der Waals surface area contributed by atoms with Gasteiger partial charge in [0.05, 0.1) is 0 Å². The topological polar surface area (TPSA) is 12.0 Å². The molecule has 0 aliphatic heterocycles. The summed E-state index contributed by atoms with van der Waals surface area (Å²) >= 11 is 0. The Bertz CT molecular complexity index is 526. The summed E-state index contributed by atoms with van der Waals surface area (Å²) in [6.45, 7) is 2.38. The van der Waals surface area contributed by atoms with E-state index in [0.29, 0.717) is 12.1 Å². The van der Waals surface area contributed by atoms with Crippen molar-refractivity contribution < 1.29 is 8.78 Å². The minimum absolute atomic E-state index is 0.142. The van der Waals surface area contributed by atoms with Crippen LogP contribution in [-0.2, 0) is 6.54 Å². The van der Waals surface area contributed by atoms with E-state index < -0.39 is 5.82 Å². The first-order valence-electron chi connectivity index (χ1n) is 6.43. The molecule has 1 atom stereocenters. The van der Waals surface area contributed by atoms with Crippen LogP contribution in [0.15, 0.2) is 48.5 Å². The minimum Gasteiger partial charge on any atom is -0.306 e. The second-order valence-electron chi connectivity index (χ2n) is 4.49. The van der Waals surface area contributed by atoms with Crippen molar-refractivity contribution in [3.8, 4) is 0 Å². The molecule has 0 saturated carbocycles. The van der Waals surface area contributed by atoms with Gasteiger partial charge >= 0.3 is 0 Å². The molecule has 2 rings (SSSR count). The van der Waals surface area contributed by atoms with Crippen LogP contribution in [0.2, 0.25) is 0 Å². The Balaban J connectivity index is 2.06. The Labute approximate surface area is 112 Å². The van der Waals surface area contributed by atoms with Crippen LogP contribution in [-0.4, -0.2) is 0 Å². The van der Waals surface area contributed by atoms with Crippen LogP contribution >= 0.6 is 0 Å². The third-order valence-electron chi connectivity index (χ3n) is 3.16. The second-order valence-corrected chi connectivity index (χ2v) is 4.49. The van der Waals surface area contributed by atoms with Crippen LogP contribution in [0.5, 0.6) is 0 Å². The van der Waals surface area contributed by atoms with Crippen molar-refractivity contribution in [2.75, 3.05) is 0 Å². The molecule has 3 heteroatoms. The fourth-order valence-electron chi connectivity index (χ4n) is 2.10. The van der Waals surface area contributed by atoms with E-state index in [0.717, 1.165) is 24.1 Å². The zero-order chi connectivity index (χ0) is 13.7. The maximum absolute atomic E-state index is 13.5. The molecule has 0 saturated heterocycles. The smallest absolute Gasteiger partial charge is 0.127 e. The van der Waals surface area contributed by atoms with Gasteiger partial charge in [0, 0.05) is 18.2 Å². The van der Waals surface area contributed by atoms with E-state index in [2.05, 4.69) is 12.2 Å². The van der Waals surface area contributed by atoms with Gasteiger partial charge in [-0.1, -0.05) is 37.3 Å². The van der Waals surface area contributed by atoms with Gasteiger partial charge < -0.3 is 5.32 Å². The fraction of sp³-hybridized carbons (Fsp3) is 0.250. The summed E-state index contributed by atoms with van der Waals surface area (Å²) in [6.07, 6.45) is 0.890. The number of benzene rings is 2. The van der Waals surface area contributed by atoms with Gasteiger partial charge in [-0.15, -0.1) is 0 Å². The highest BCUT2D eigenvalue weighted by atomic mass is 19.1. The predicted molar refractivity (Wildman–Crippen MR) is 72.7 cm³/mol. The van der Waals surface area contributed by atoms with Gasteiger partial charge in [-0.3, -0.25) is 0 Å². The fourth-order valence-corrected chi connectivity index (χ4v) is 2.10. The minimum atomic E-state index is -0.411. The van der Waals surface area contributed by atoms with Crippen molar-refractivity contribution >= 4 is 0 Å². The zero-order valence-corrected chi connectivity index (χ0v) is 10.9. The van der Waals surface area contributed by atoms with E-state index in [-0.39, 0.29) is 11.9 Å². The number of halogens is 2. The van der Waals surface area contributed by atoms with Gasteiger partial charge in [0.15, 0.2) is 0 Å². The lowest BCUT2D eigenvalue weighted by Gasteiger charge is -2.17. The zero-order valence-electron chi connectivity index (χ0n) is 10.9. The molecular formula is C16H17F2N. The summed E-state index contributed by atoms with van der Waals surface area (Å²) in [7, 11) is 0. The van der Waals surface area contributed by atoms with Crippen molar-refractivity contribution in [2.45, 2.75) is 25.9 Å². The average molecular weight is 261 g/mol. The summed E-state index contributed by atoms with van der Waals surface area (Å²) in [5.74, 6) is -0.789. The Morgan fingerprint density at radius 2 is 1.79 bits per heavy atom. The van der Waals surface area contributed by atoms with Crippen molar-refractivity contribution in [1.29, 1.82) is 0 Å². The third-order valence-corrected chi connectivity index (χ3v) is 3.16. The van der Waals surface area contributed by atoms with Gasteiger partial charge in [0.2, 0.25) is 0 Å². The molecule has 1 unspecified atom stereocenters. The lowest BCUT2D eigenvalue weighted by atomic mass is 10.0. The standard InChI is InChI=1S/C16H17F2N/c1-2-16(12-6-4-3-5-7-12)19-11-13-10-14(17)8-9-15(13)18/h3-10,16,19H,2,11H2,1H3. The summed E-state index contributed by atoms with van der Waals surface area (Å²) in [6, 6.07) is 13.6. The molecule has 0 amide bonds. The van der Waals surface area contributed by atoms with Crippen LogP contribution in [0.25, 0.3) is 0 Å². The predicted octanol–water partition coefficient (Wildman–Crippen LogP) is 4.21. The molecule has 100 valence electrons. The summed E-state index contributed by atoms with van der Waals surface area (Å²) < 4.78 is 26.6. The first-order chi connectivity index (χ1) is 9.20. The Morgan fingerprint density at radius 1 is 1.05 bits per heavy atom. The van der Waals surface area contributed by atoms with Gasteiger partial charge in [-0.25, -0.2) is 8.78 Å². The molecule has 0 heterocycles. The van der Waals surface area contributed by atoms with Gasteiger partial charge in [0.25, 0.3) is 0 Å². The molecule has 19 heavy (non-hydrogen) atoms. The summed E-state index contributed by atoms with van der Waals surface area (Å²) in [4.78, 5) is 0. The lowest BCUT2D eigenvalue weighted by Crippen LogP contribution is -2.20. The SMILES string of the molecule is CCC(NCc1cc(F)ccc1F)c1ccccc1. The molecule has 0 aliphatic rings. The number of nitrogens with one attached hydrogen (secondary N) is 1. The van der Waals surface area contributed by atoms with E-state index in [1.807, 2.05) is 30.3 Å². The van der Waals surface area contributed by atoms with Crippen molar-refractivity contribution in [3.63, 3.8) is 0 Å². The molecule has 1 nitrogen and oxygen atoms in total. The average Bonchev–Trinajstić information content (AvgIpc) is 2.44. The van der Waals surface area contributed by atoms with E-state index in [4.69, 9.17) is 0 Å².